The second kappa shape index (κ2) is 11.2. The highest BCUT2D eigenvalue weighted by Crippen LogP contribution is 2.43. The number of nitrogen functional groups attached to an aromatic ring is 1. The standard InChI is InChI=1S/C22H26N8O5S2/c1-4-28(5-2)18(29-8-6-24-7-9-29)12-10-36-20-15(19(32)30(20)16(12)21(33)34)26-17(31)14(27-35-3)13-11-37-22(23)25-13/h6-9,11,15,18,20H,4-5,10H2,1-3H3,(H3-,23,25,26,31,33,34)/p+1/b27-14-/t15?,18?,20-/m1/s1. The van der Waals surface area contributed by atoms with Crippen LogP contribution >= 0.6 is 23.1 Å². The Morgan fingerprint density at radius 2 is 2.08 bits per heavy atom. The maximum atomic E-state index is 13.2. The van der Waals surface area contributed by atoms with Gasteiger partial charge in [0.25, 0.3) is 11.8 Å². The minimum Gasteiger partial charge on any atom is -0.477 e. The molecule has 4 N–H and O–H groups in total. The van der Waals surface area contributed by atoms with E-state index in [1.807, 2.05) is 18.4 Å². The van der Waals surface area contributed by atoms with Gasteiger partial charge in [0.1, 0.15) is 29.9 Å². The van der Waals surface area contributed by atoms with Gasteiger partial charge in [-0.05, 0) is 0 Å². The van der Waals surface area contributed by atoms with Crippen LogP contribution in [0.25, 0.3) is 0 Å². The van der Waals surface area contributed by atoms with Crippen LogP contribution in [0.1, 0.15) is 25.7 Å². The van der Waals surface area contributed by atoms with Crippen LogP contribution in [-0.4, -0.2) is 85.7 Å². The van der Waals surface area contributed by atoms with Crippen LogP contribution in [0.5, 0.6) is 0 Å². The number of oxime groups is 1. The van der Waals surface area contributed by atoms with E-state index in [4.69, 9.17) is 10.6 Å². The number of thioether (sulfide) groups is 1. The topological polar surface area (TPSA) is 167 Å². The van der Waals surface area contributed by atoms with Crippen molar-refractivity contribution in [2.45, 2.75) is 31.4 Å². The van der Waals surface area contributed by atoms with Crippen molar-refractivity contribution in [1.29, 1.82) is 0 Å². The normalized spacial score (nSPS) is 20.4. The number of carboxylic acid groups (broad SMARTS) is 1. The number of rotatable bonds is 10. The number of likely N-dealkylation sites (N-methyl/N-ethyl adjacent to an activating group) is 1. The van der Waals surface area contributed by atoms with E-state index in [9.17, 15) is 19.5 Å². The van der Waals surface area contributed by atoms with Crippen molar-refractivity contribution < 1.29 is 28.9 Å². The lowest BCUT2D eigenvalue weighted by molar-refractivity contribution is -0.735. The van der Waals surface area contributed by atoms with E-state index in [0.29, 0.717) is 24.4 Å². The minimum atomic E-state index is -1.20. The summed E-state index contributed by atoms with van der Waals surface area (Å²) >= 11 is 2.52. The van der Waals surface area contributed by atoms with Gasteiger partial charge in [-0.15, -0.1) is 23.1 Å². The van der Waals surface area contributed by atoms with Gasteiger partial charge in [-0.2, -0.15) is 4.57 Å². The maximum Gasteiger partial charge on any atom is 0.352 e. The molecule has 0 aromatic carbocycles. The zero-order chi connectivity index (χ0) is 26.7. The molecule has 0 radical (unpaired) electrons. The fourth-order valence-corrected chi connectivity index (χ4v) is 6.31. The van der Waals surface area contributed by atoms with E-state index < -0.39 is 35.4 Å². The van der Waals surface area contributed by atoms with Crippen LogP contribution < -0.4 is 15.6 Å². The number of hydrogen-bond acceptors (Lipinski definition) is 11. The number of carbonyl (C=O) groups excluding carboxylic acids is 2. The molecule has 15 heteroatoms. The van der Waals surface area contributed by atoms with Gasteiger partial charge in [0.15, 0.2) is 23.2 Å². The van der Waals surface area contributed by atoms with Crippen LogP contribution in [0.3, 0.4) is 0 Å². The van der Waals surface area contributed by atoms with Crippen molar-refractivity contribution in [2.24, 2.45) is 5.16 Å². The largest absolute Gasteiger partial charge is 0.477 e. The summed E-state index contributed by atoms with van der Waals surface area (Å²) in [6.07, 6.45) is 6.39. The summed E-state index contributed by atoms with van der Waals surface area (Å²) in [5, 5.41) is 17.8. The molecule has 2 aliphatic heterocycles. The summed E-state index contributed by atoms with van der Waals surface area (Å²) in [7, 11) is 1.29. The van der Waals surface area contributed by atoms with Gasteiger partial charge < -0.3 is 21.0 Å². The van der Waals surface area contributed by atoms with Crippen molar-refractivity contribution in [3.05, 3.63) is 47.1 Å². The fourth-order valence-electron chi connectivity index (χ4n) is 4.39. The second-order valence-electron chi connectivity index (χ2n) is 8.02. The molecule has 0 bridgehead atoms. The van der Waals surface area contributed by atoms with E-state index in [1.165, 1.54) is 23.8 Å². The third kappa shape index (κ3) is 5.01. The minimum absolute atomic E-state index is 0.0708. The van der Waals surface area contributed by atoms with Crippen LogP contribution in [0, 0.1) is 0 Å². The van der Waals surface area contributed by atoms with Crippen LogP contribution in [0.2, 0.25) is 0 Å². The molecule has 37 heavy (non-hydrogen) atoms. The van der Waals surface area contributed by atoms with Gasteiger partial charge in [-0.25, -0.2) is 14.7 Å². The molecule has 1 fully saturated rings. The maximum absolute atomic E-state index is 13.2. The molecule has 1 saturated heterocycles. The molecular weight excluding hydrogens is 520 g/mol. The first kappa shape index (κ1) is 26.5. The lowest BCUT2D eigenvalue weighted by Crippen LogP contribution is -2.71. The van der Waals surface area contributed by atoms with Crippen molar-refractivity contribution in [2.75, 3.05) is 31.7 Å². The molecule has 196 valence electrons. The number of hydrogen-bond donors (Lipinski definition) is 3. The Morgan fingerprint density at radius 3 is 2.65 bits per heavy atom. The molecule has 2 aromatic rings. The Balaban J connectivity index is 1.64. The molecule has 0 aliphatic carbocycles. The van der Waals surface area contributed by atoms with Gasteiger partial charge in [0.05, 0.1) is 18.0 Å². The highest BCUT2D eigenvalue weighted by atomic mass is 32.2. The highest BCUT2D eigenvalue weighted by Gasteiger charge is 2.56. The molecule has 2 unspecified atom stereocenters. The summed E-state index contributed by atoms with van der Waals surface area (Å²) in [5.41, 5.74) is 6.27. The Hall–Kier alpha value is -3.56. The Kier molecular flexibility index (Phi) is 8.04. The number of nitrogens with two attached hydrogens (primary N) is 1. The summed E-state index contributed by atoms with van der Waals surface area (Å²) in [5.74, 6) is -2.05. The van der Waals surface area contributed by atoms with Gasteiger partial charge in [0.2, 0.25) is 6.17 Å². The molecule has 2 amide bonds. The number of nitrogens with one attached hydrogen (secondary N) is 1. The van der Waals surface area contributed by atoms with Gasteiger partial charge in [0, 0.05) is 24.2 Å². The number of aromatic nitrogens is 3. The molecule has 0 saturated carbocycles. The van der Waals surface area contributed by atoms with E-state index in [2.05, 4.69) is 25.3 Å². The zero-order valence-electron chi connectivity index (χ0n) is 20.4. The summed E-state index contributed by atoms with van der Waals surface area (Å²) in [4.78, 5) is 55.0. The van der Waals surface area contributed by atoms with E-state index >= 15 is 0 Å². The number of amides is 2. The number of aliphatic carboxylic acids is 1. The average molecular weight is 548 g/mol. The van der Waals surface area contributed by atoms with Gasteiger partial charge in [-0.3, -0.25) is 19.5 Å². The number of thiazole rings is 1. The number of nitrogens with zero attached hydrogens (tertiary/aromatic N) is 6. The summed E-state index contributed by atoms with van der Waals surface area (Å²) in [6.45, 7) is 5.31. The van der Waals surface area contributed by atoms with Crippen molar-refractivity contribution in [3.8, 4) is 0 Å². The van der Waals surface area contributed by atoms with Crippen molar-refractivity contribution in [1.82, 2.24) is 25.1 Å². The molecule has 4 heterocycles. The first-order valence-electron chi connectivity index (χ1n) is 11.4. The van der Waals surface area contributed by atoms with Gasteiger partial charge >= 0.3 is 5.97 Å². The third-order valence-corrected chi connectivity index (χ3v) is 8.03. The molecule has 2 aromatic heterocycles. The smallest absolute Gasteiger partial charge is 0.352 e. The van der Waals surface area contributed by atoms with Crippen molar-refractivity contribution >= 4 is 51.7 Å². The van der Waals surface area contributed by atoms with Gasteiger partial charge in [-0.1, -0.05) is 19.0 Å². The molecule has 4 rings (SSSR count). The summed E-state index contributed by atoms with van der Waals surface area (Å²) in [6, 6.07) is -0.938. The first-order chi connectivity index (χ1) is 17.8. The van der Waals surface area contributed by atoms with Crippen molar-refractivity contribution in [3.63, 3.8) is 0 Å². The van der Waals surface area contributed by atoms with E-state index in [-0.39, 0.29) is 22.2 Å². The summed E-state index contributed by atoms with van der Waals surface area (Å²) < 4.78 is 1.88. The highest BCUT2D eigenvalue weighted by molar-refractivity contribution is 8.00. The first-order valence-corrected chi connectivity index (χ1v) is 13.3. The Bertz CT molecular complexity index is 1250. The van der Waals surface area contributed by atoms with E-state index in [1.54, 1.807) is 30.2 Å². The Morgan fingerprint density at radius 1 is 1.38 bits per heavy atom. The molecule has 13 nitrogen and oxygen atoms in total. The lowest BCUT2D eigenvalue weighted by Gasteiger charge is -2.49. The number of fused-ring (bicyclic) bond motifs is 1. The Labute approximate surface area is 221 Å². The van der Waals surface area contributed by atoms with Crippen LogP contribution in [-0.2, 0) is 19.2 Å². The molecule has 0 spiro atoms. The lowest BCUT2D eigenvalue weighted by atomic mass is 10.0. The second-order valence-corrected chi connectivity index (χ2v) is 10.0. The molecular formula is C22H27N8O5S2+. The van der Waals surface area contributed by atoms with Crippen LogP contribution in [0.4, 0.5) is 5.13 Å². The predicted octanol–water partition coefficient (Wildman–Crippen LogP) is 0.0375. The zero-order valence-corrected chi connectivity index (χ0v) is 22.0. The number of β-lactam (4-membered cyclic amide) rings is 1. The average Bonchev–Trinajstić information content (AvgIpc) is 3.33. The third-order valence-electron chi connectivity index (χ3n) is 6.05. The fraction of sp³-hybridized carbons (Fsp3) is 0.409. The quantitative estimate of drug-likeness (QED) is 0.160. The molecule has 3 atom stereocenters. The molecule has 2 aliphatic rings. The number of carboxylic acids is 1. The van der Waals surface area contributed by atoms with Crippen LogP contribution in [0.15, 0.2) is 46.6 Å². The SMILES string of the molecule is CCN(CC)C(C1=C(C(=O)O)N2C(=O)C(NC(=O)/C(=N\OC)c3csc(N)n3)[C@H]2SC1)[n+]1ccncc1. The van der Waals surface area contributed by atoms with E-state index in [0.717, 1.165) is 11.3 Å². The predicted molar refractivity (Wildman–Crippen MR) is 136 cm³/mol. The number of anilines is 1. The number of carbonyl (C=O) groups is 3. The monoisotopic (exact) mass is 547 g/mol.